The van der Waals surface area contributed by atoms with Crippen LogP contribution in [0.25, 0.3) is 0 Å². The highest BCUT2D eigenvalue weighted by Crippen LogP contribution is 2.17. The van der Waals surface area contributed by atoms with Gasteiger partial charge in [0.05, 0.1) is 6.61 Å². The topological polar surface area (TPSA) is 146 Å². The molecule has 0 saturated carbocycles. The molecule has 1 aliphatic heterocycles. The van der Waals surface area contributed by atoms with Gasteiger partial charge in [-0.3, -0.25) is 14.2 Å². The molecule has 2 atom stereocenters. The lowest BCUT2D eigenvalue weighted by molar-refractivity contribution is -0.140. The number of piperidine rings is 1. The molecule has 0 aromatic carbocycles. The molecule has 25 heavy (non-hydrogen) atoms. The molecule has 1 rings (SSSR count). The number of carbonyl (C=O) groups is 2. The third-order valence-electron chi connectivity index (χ3n) is 3.91. The second-order valence-electron chi connectivity index (χ2n) is 6.04. The first-order chi connectivity index (χ1) is 11.7. The number of hydrogen-bond donors (Lipinski definition) is 4. The van der Waals surface area contributed by atoms with E-state index in [1.807, 2.05) is 13.8 Å². The lowest BCUT2D eigenvalue weighted by Crippen LogP contribution is -2.55. The smallest absolute Gasteiger partial charge is 0.314 e. The van der Waals surface area contributed by atoms with E-state index in [4.69, 9.17) is 9.39 Å². The number of nitrogens with one attached hydrogen (secondary N) is 3. The Labute approximate surface area is 147 Å². The molecular formula is C13H26N4O7S. The Hall–Kier alpha value is -1.47. The number of rotatable bonds is 8. The number of hydrogen-bond acceptors (Lipinski definition) is 7. The van der Waals surface area contributed by atoms with Crippen LogP contribution in [-0.2, 0) is 24.3 Å². The average molecular weight is 382 g/mol. The van der Waals surface area contributed by atoms with Crippen molar-refractivity contribution in [1.82, 2.24) is 21.2 Å². The Bertz CT molecular complexity index is 555. The number of amides is 3. The van der Waals surface area contributed by atoms with Gasteiger partial charge in [-0.2, -0.15) is 13.9 Å². The van der Waals surface area contributed by atoms with Gasteiger partial charge < -0.3 is 10.2 Å². The van der Waals surface area contributed by atoms with Crippen molar-refractivity contribution < 1.29 is 31.7 Å². The first-order valence-electron chi connectivity index (χ1n) is 7.97. The monoisotopic (exact) mass is 382 g/mol. The van der Waals surface area contributed by atoms with Gasteiger partial charge in [0.2, 0.25) is 0 Å². The Morgan fingerprint density at radius 1 is 1.28 bits per heavy atom. The van der Waals surface area contributed by atoms with E-state index in [2.05, 4.69) is 15.1 Å². The third kappa shape index (κ3) is 7.52. The second-order valence-corrected chi connectivity index (χ2v) is 7.06. The molecule has 1 heterocycles. The molecule has 146 valence electrons. The van der Waals surface area contributed by atoms with Gasteiger partial charge in [0.25, 0.3) is 5.91 Å². The summed E-state index contributed by atoms with van der Waals surface area (Å²) in [5, 5.41) is 3.06. The van der Waals surface area contributed by atoms with E-state index >= 15 is 0 Å². The van der Waals surface area contributed by atoms with Crippen LogP contribution in [0.4, 0.5) is 4.79 Å². The first-order valence-corrected chi connectivity index (χ1v) is 9.33. The van der Waals surface area contributed by atoms with Gasteiger partial charge in [-0.15, -0.1) is 4.28 Å². The average Bonchev–Trinajstić information content (AvgIpc) is 2.55. The summed E-state index contributed by atoms with van der Waals surface area (Å²) < 4.78 is 33.4. The summed E-state index contributed by atoms with van der Waals surface area (Å²) in [5.74, 6) is -0.211. The van der Waals surface area contributed by atoms with Gasteiger partial charge in [0.15, 0.2) is 0 Å². The molecule has 12 heteroatoms. The molecule has 0 radical (unpaired) electrons. The van der Waals surface area contributed by atoms with Crippen LogP contribution < -0.4 is 16.3 Å². The van der Waals surface area contributed by atoms with E-state index in [1.54, 1.807) is 12.5 Å². The summed E-state index contributed by atoms with van der Waals surface area (Å²) in [5.41, 5.74) is 3.91. The number of urea groups is 1. The lowest BCUT2D eigenvalue weighted by atomic mass is 10.0. The minimum absolute atomic E-state index is 0.0502. The normalized spacial score (nSPS) is 19.6. The second kappa shape index (κ2) is 9.87. The molecule has 3 amide bonds. The highest BCUT2D eigenvalue weighted by atomic mass is 32.3. The van der Waals surface area contributed by atoms with Gasteiger partial charge in [-0.25, -0.2) is 10.3 Å². The first kappa shape index (κ1) is 21.6. The van der Waals surface area contributed by atoms with E-state index in [-0.39, 0.29) is 19.2 Å². The fourth-order valence-corrected chi connectivity index (χ4v) is 2.65. The SMILES string of the molecule is CNC(CONC(=O)[C@@H]1CCCCN1C(=O)NOS(=O)(=O)O)C(C)C. The van der Waals surface area contributed by atoms with Gasteiger partial charge in [-0.1, -0.05) is 13.8 Å². The number of likely N-dealkylation sites (tertiary alicyclic amines) is 1. The van der Waals surface area contributed by atoms with Crippen molar-refractivity contribution in [2.24, 2.45) is 5.92 Å². The number of nitrogens with zero attached hydrogens (tertiary/aromatic N) is 1. The highest BCUT2D eigenvalue weighted by molar-refractivity contribution is 7.80. The Morgan fingerprint density at radius 3 is 2.52 bits per heavy atom. The molecule has 0 aliphatic carbocycles. The van der Waals surface area contributed by atoms with Crippen LogP contribution in [0, 0.1) is 5.92 Å². The van der Waals surface area contributed by atoms with Gasteiger partial charge in [0.1, 0.15) is 6.04 Å². The standard InChI is InChI=1S/C13H26N4O7S/c1-9(2)10(14-3)8-23-15-12(18)11-6-4-5-7-17(11)13(19)16-24-25(20,21)22/h9-11,14H,4-8H2,1-3H3,(H,15,18)(H,16,19)(H,20,21,22)/t10?,11-/m0/s1. The van der Waals surface area contributed by atoms with Crippen molar-refractivity contribution in [3.05, 3.63) is 0 Å². The Kier molecular flexibility index (Phi) is 8.52. The largest absolute Gasteiger partial charge is 0.418 e. The van der Waals surface area contributed by atoms with Crippen molar-refractivity contribution >= 4 is 22.3 Å². The molecule has 1 aliphatic rings. The fraction of sp³-hybridized carbons (Fsp3) is 0.846. The van der Waals surface area contributed by atoms with E-state index < -0.39 is 28.4 Å². The van der Waals surface area contributed by atoms with Crippen molar-refractivity contribution in [2.75, 3.05) is 20.2 Å². The van der Waals surface area contributed by atoms with Crippen molar-refractivity contribution in [3.8, 4) is 0 Å². The zero-order valence-electron chi connectivity index (χ0n) is 14.5. The van der Waals surface area contributed by atoms with Gasteiger partial charge in [0, 0.05) is 12.6 Å². The van der Waals surface area contributed by atoms with Crippen LogP contribution in [-0.4, -0.2) is 62.1 Å². The van der Waals surface area contributed by atoms with Crippen molar-refractivity contribution in [1.29, 1.82) is 0 Å². The van der Waals surface area contributed by atoms with E-state index in [0.29, 0.717) is 18.8 Å². The molecule has 1 unspecified atom stereocenters. The molecule has 4 N–H and O–H groups in total. The van der Waals surface area contributed by atoms with Gasteiger partial charge >= 0.3 is 16.4 Å². The Balaban J connectivity index is 2.57. The van der Waals surface area contributed by atoms with E-state index in [9.17, 15) is 18.0 Å². The molecule has 0 spiro atoms. The zero-order valence-corrected chi connectivity index (χ0v) is 15.3. The fourth-order valence-electron chi connectivity index (χ4n) is 2.47. The number of carbonyl (C=O) groups excluding carboxylic acids is 2. The highest BCUT2D eigenvalue weighted by Gasteiger charge is 2.33. The van der Waals surface area contributed by atoms with Gasteiger partial charge in [-0.05, 0) is 32.2 Å². The quantitative estimate of drug-likeness (QED) is 0.327. The van der Waals surface area contributed by atoms with Crippen LogP contribution in [0.5, 0.6) is 0 Å². The summed E-state index contributed by atoms with van der Waals surface area (Å²) in [7, 11) is -3.03. The molecule has 0 aromatic rings. The predicted octanol–water partition coefficient (Wildman–Crippen LogP) is -0.423. The van der Waals surface area contributed by atoms with Crippen LogP contribution in [0.15, 0.2) is 0 Å². The molecule has 0 bridgehead atoms. The summed E-state index contributed by atoms with van der Waals surface area (Å²) in [6.07, 6.45) is 1.78. The molecule has 11 nitrogen and oxygen atoms in total. The van der Waals surface area contributed by atoms with Crippen LogP contribution in [0.1, 0.15) is 33.1 Å². The van der Waals surface area contributed by atoms with Crippen LogP contribution in [0.3, 0.4) is 0 Å². The molecule has 0 aromatic heterocycles. The number of hydroxylamine groups is 2. The van der Waals surface area contributed by atoms with E-state index in [0.717, 1.165) is 11.3 Å². The summed E-state index contributed by atoms with van der Waals surface area (Å²) >= 11 is 0. The van der Waals surface area contributed by atoms with E-state index in [1.165, 1.54) is 0 Å². The zero-order chi connectivity index (χ0) is 19.0. The maximum Gasteiger partial charge on any atom is 0.418 e. The lowest BCUT2D eigenvalue weighted by Gasteiger charge is -2.34. The minimum atomic E-state index is -4.82. The van der Waals surface area contributed by atoms with Crippen molar-refractivity contribution in [3.63, 3.8) is 0 Å². The molecular weight excluding hydrogens is 356 g/mol. The summed E-state index contributed by atoms with van der Waals surface area (Å²) in [4.78, 5) is 30.6. The third-order valence-corrected chi connectivity index (χ3v) is 4.21. The van der Waals surface area contributed by atoms with Crippen LogP contribution in [0.2, 0.25) is 0 Å². The number of likely N-dealkylation sites (N-methyl/N-ethyl adjacent to an activating group) is 1. The predicted molar refractivity (Wildman–Crippen MR) is 87.3 cm³/mol. The van der Waals surface area contributed by atoms with Crippen LogP contribution >= 0.6 is 0 Å². The Morgan fingerprint density at radius 2 is 1.96 bits per heavy atom. The maximum atomic E-state index is 12.3. The molecule has 1 fully saturated rings. The summed E-state index contributed by atoms with van der Waals surface area (Å²) in [6, 6.07) is -1.71. The minimum Gasteiger partial charge on any atom is -0.314 e. The molecule has 1 saturated heterocycles. The maximum absolute atomic E-state index is 12.3. The van der Waals surface area contributed by atoms with Crippen molar-refractivity contribution in [2.45, 2.75) is 45.2 Å². The summed E-state index contributed by atoms with van der Waals surface area (Å²) in [6.45, 7) is 4.51.